The minimum absolute atomic E-state index is 0. The Labute approximate surface area is 120 Å². The van der Waals surface area contributed by atoms with Crippen molar-refractivity contribution in [3.8, 4) is 0 Å². The van der Waals surface area contributed by atoms with Crippen LogP contribution in [-0.4, -0.2) is 26.2 Å². The molecule has 2 rings (SSSR count). The highest BCUT2D eigenvalue weighted by atomic mass is 35.5. The SMILES string of the molecule is COC(=O)[C@H]1CNC[C@@H]1c1ccc(C(F)(F)F)cc1.Cl. The average Bonchev–Trinajstić information content (AvgIpc) is 2.86. The third-order valence-corrected chi connectivity index (χ3v) is 3.38. The second-order valence-electron chi connectivity index (χ2n) is 4.51. The number of nitrogens with one attached hydrogen (secondary N) is 1. The Morgan fingerprint density at radius 2 is 1.85 bits per heavy atom. The molecule has 0 bridgehead atoms. The van der Waals surface area contributed by atoms with Gasteiger partial charge in [-0.05, 0) is 17.7 Å². The van der Waals surface area contributed by atoms with Gasteiger partial charge in [-0.2, -0.15) is 13.2 Å². The van der Waals surface area contributed by atoms with E-state index in [1.807, 2.05) is 0 Å². The van der Waals surface area contributed by atoms with Crippen molar-refractivity contribution in [1.82, 2.24) is 5.32 Å². The second-order valence-corrected chi connectivity index (χ2v) is 4.51. The molecule has 0 saturated carbocycles. The van der Waals surface area contributed by atoms with Gasteiger partial charge in [0.25, 0.3) is 0 Å². The summed E-state index contributed by atoms with van der Waals surface area (Å²) in [6.45, 7) is 1.05. The molecule has 0 radical (unpaired) electrons. The van der Waals surface area contributed by atoms with E-state index in [1.54, 1.807) is 0 Å². The fourth-order valence-corrected chi connectivity index (χ4v) is 2.35. The van der Waals surface area contributed by atoms with E-state index in [-0.39, 0.29) is 30.2 Å². The summed E-state index contributed by atoms with van der Waals surface area (Å²) in [5, 5.41) is 3.06. The normalized spacial score (nSPS) is 22.2. The summed E-state index contributed by atoms with van der Waals surface area (Å²) >= 11 is 0. The quantitative estimate of drug-likeness (QED) is 0.854. The second kappa shape index (κ2) is 6.45. The van der Waals surface area contributed by atoms with Gasteiger partial charge >= 0.3 is 12.1 Å². The molecule has 0 aromatic heterocycles. The van der Waals surface area contributed by atoms with Crippen molar-refractivity contribution in [3.63, 3.8) is 0 Å². The van der Waals surface area contributed by atoms with Crippen molar-refractivity contribution >= 4 is 18.4 Å². The third kappa shape index (κ3) is 3.43. The molecule has 0 aliphatic carbocycles. The zero-order valence-corrected chi connectivity index (χ0v) is 11.6. The Balaban J connectivity index is 0.00000200. The minimum Gasteiger partial charge on any atom is -0.469 e. The molecule has 1 fully saturated rings. The smallest absolute Gasteiger partial charge is 0.416 e. The number of carbonyl (C=O) groups excluding carboxylic acids is 1. The van der Waals surface area contributed by atoms with Gasteiger partial charge in [-0.25, -0.2) is 0 Å². The van der Waals surface area contributed by atoms with E-state index in [0.717, 1.165) is 12.1 Å². The van der Waals surface area contributed by atoms with Crippen LogP contribution in [-0.2, 0) is 15.7 Å². The fourth-order valence-electron chi connectivity index (χ4n) is 2.35. The molecule has 0 unspecified atom stereocenters. The zero-order chi connectivity index (χ0) is 14.0. The highest BCUT2D eigenvalue weighted by Gasteiger charge is 2.35. The maximum Gasteiger partial charge on any atom is 0.416 e. The molecule has 1 heterocycles. The lowest BCUT2D eigenvalue weighted by Gasteiger charge is -2.17. The van der Waals surface area contributed by atoms with Crippen LogP contribution in [0.4, 0.5) is 13.2 Å². The molecule has 3 nitrogen and oxygen atoms in total. The molecular weight excluding hydrogens is 295 g/mol. The van der Waals surface area contributed by atoms with Crippen LogP contribution < -0.4 is 5.32 Å². The standard InChI is InChI=1S/C13H14F3NO2.ClH/c1-19-12(18)11-7-17-6-10(11)8-2-4-9(5-3-8)13(14,15)16;/h2-5,10-11,17H,6-7H2,1H3;1H/t10-,11+;/m1./s1. The molecule has 20 heavy (non-hydrogen) atoms. The molecule has 1 N–H and O–H groups in total. The maximum atomic E-state index is 12.5. The van der Waals surface area contributed by atoms with Crippen molar-refractivity contribution in [2.45, 2.75) is 12.1 Å². The van der Waals surface area contributed by atoms with E-state index in [9.17, 15) is 18.0 Å². The topological polar surface area (TPSA) is 38.3 Å². The first-order chi connectivity index (χ1) is 8.93. The van der Waals surface area contributed by atoms with Gasteiger partial charge in [0.15, 0.2) is 0 Å². The third-order valence-electron chi connectivity index (χ3n) is 3.38. The monoisotopic (exact) mass is 309 g/mol. The summed E-state index contributed by atoms with van der Waals surface area (Å²) in [5.74, 6) is -0.827. The van der Waals surface area contributed by atoms with Gasteiger partial charge in [0.1, 0.15) is 0 Å². The first-order valence-electron chi connectivity index (χ1n) is 5.89. The summed E-state index contributed by atoms with van der Waals surface area (Å²) in [7, 11) is 1.31. The molecule has 1 aromatic rings. The lowest BCUT2D eigenvalue weighted by atomic mass is 9.88. The van der Waals surface area contributed by atoms with Crippen LogP contribution in [0.2, 0.25) is 0 Å². The number of ether oxygens (including phenoxy) is 1. The first kappa shape index (κ1) is 16.8. The van der Waals surface area contributed by atoms with Crippen molar-refractivity contribution in [1.29, 1.82) is 0 Å². The number of carbonyl (C=O) groups is 1. The van der Waals surface area contributed by atoms with E-state index < -0.39 is 11.7 Å². The van der Waals surface area contributed by atoms with E-state index in [0.29, 0.717) is 18.7 Å². The number of hydrogen-bond donors (Lipinski definition) is 1. The van der Waals surface area contributed by atoms with Crippen molar-refractivity contribution in [3.05, 3.63) is 35.4 Å². The van der Waals surface area contributed by atoms with E-state index >= 15 is 0 Å². The predicted octanol–water partition coefficient (Wildman–Crippen LogP) is 2.60. The lowest BCUT2D eigenvalue weighted by Crippen LogP contribution is -2.23. The van der Waals surface area contributed by atoms with Crippen LogP contribution in [0.1, 0.15) is 17.0 Å². The summed E-state index contributed by atoms with van der Waals surface area (Å²) < 4.78 is 42.1. The molecule has 1 aromatic carbocycles. The fraction of sp³-hybridized carbons (Fsp3) is 0.462. The number of hydrogen-bond acceptors (Lipinski definition) is 3. The number of rotatable bonds is 2. The number of methoxy groups -OCH3 is 1. The molecule has 1 aliphatic rings. The van der Waals surface area contributed by atoms with Crippen LogP contribution in [0.3, 0.4) is 0 Å². The van der Waals surface area contributed by atoms with E-state index in [2.05, 4.69) is 5.32 Å². The molecular formula is C13H15ClF3NO2. The van der Waals surface area contributed by atoms with Crippen molar-refractivity contribution in [2.75, 3.05) is 20.2 Å². The number of halogens is 4. The molecule has 1 aliphatic heterocycles. The Morgan fingerprint density at radius 1 is 1.25 bits per heavy atom. The largest absolute Gasteiger partial charge is 0.469 e. The van der Waals surface area contributed by atoms with Gasteiger partial charge in [-0.15, -0.1) is 12.4 Å². The zero-order valence-electron chi connectivity index (χ0n) is 10.7. The van der Waals surface area contributed by atoms with E-state index in [4.69, 9.17) is 4.74 Å². The van der Waals surface area contributed by atoms with Gasteiger partial charge in [-0.1, -0.05) is 12.1 Å². The number of alkyl halides is 3. The van der Waals surface area contributed by atoms with Crippen LogP contribution in [0.15, 0.2) is 24.3 Å². The van der Waals surface area contributed by atoms with Crippen LogP contribution >= 0.6 is 12.4 Å². The highest BCUT2D eigenvalue weighted by Crippen LogP contribution is 2.33. The Kier molecular flexibility index (Phi) is 5.42. The molecule has 2 atom stereocenters. The van der Waals surface area contributed by atoms with Gasteiger partial charge in [0.2, 0.25) is 0 Å². The average molecular weight is 310 g/mol. The van der Waals surface area contributed by atoms with Gasteiger partial charge in [0, 0.05) is 19.0 Å². The van der Waals surface area contributed by atoms with Crippen LogP contribution in [0.25, 0.3) is 0 Å². The minimum atomic E-state index is -4.34. The summed E-state index contributed by atoms with van der Waals surface area (Å²) in [6, 6.07) is 4.94. The molecule has 0 spiro atoms. The van der Waals surface area contributed by atoms with E-state index in [1.165, 1.54) is 19.2 Å². The summed E-state index contributed by atoms with van der Waals surface area (Å²) in [5.41, 5.74) is 0.0326. The highest BCUT2D eigenvalue weighted by molar-refractivity contribution is 5.85. The first-order valence-corrected chi connectivity index (χ1v) is 5.89. The lowest BCUT2D eigenvalue weighted by molar-refractivity contribution is -0.145. The van der Waals surface area contributed by atoms with Gasteiger partial charge < -0.3 is 10.1 Å². The predicted molar refractivity (Wildman–Crippen MR) is 69.8 cm³/mol. The van der Waals surface area contributed by atoms with Crippen LogP contribution in [0.5, 0.6) is 0 Å². The van der Waals surface area contributed by atoms with Gasteiger partial charge in [-0.3, -0.25) is 4.79 Å². The molecule has 0 amide bonds. The molecule has 1 saturated heterocycles. The number of esters is 1. The Morgan fingerprint density at radius 3 is 2.35 bits per heavy atom. The summed E-state index contributed by atoms with van der Waals surface area (Å²) in [6.07, 6.45) is -4.34. The van der Waals surface area contributed by atoms with Gasteiger partial charge in [0.05, 0.1) is 18.6 Å². The summed E-state index contributed by atoms with van der Waals surface area (Å²) in [4.78, 5) is 11.6. The van der Waals surface area contributed by atoms with Crippen molar-refractivity contribution in [2.24, 2.45) is 5.92 Å². The maximum absolute atomic E-state index is 12.5. The molecule has 112 valence electrons. The van der Waals surface area contributed by atoms with Crippen molar-refractivity contribution < 1.29 is 22.7 Å². The van der Waals surface area contributed by atoms with Crippen LogP contribution in [0, 0.1) is 5.92 Å². The molecule has 7 heteroatoms. The number of benzene rings is 1. The Bertz CT molecular complexity index is 462. The Hall–Kier alpha value is -1.27.